The van der Waals surface area contributed by atoms with E-state index in [2.05, 4.69) is 0 Å². The molecule has 0 amide bonds. The van der Waals surface area contributed by atoms with Gasteiger partial charge in [0.25, 0.3) is 5.56 Å². The Hall–Kier alpha value is -2.34. The Balaban J connectivity index is 2.17. The number of nitrogens with zero attached hydrogens (tertiary/aromatic N) is 2. The van der Waals surface area contributed by atoms with Crippen molar-refractivity contribution < 1.29 is 5.11 Å². The second-order valence-corrected chi connectivity index (χ2v) is 7.50. The van der Waals surface area contributed by atoms with E-state index < -0.39 is 0 Å². The Labute approximate surface area is 143 Å². The first-order valence-electron chi connectivity index (χ1n) is 7.87. The number of rotatable bonds is 4. The zero-order valence-corrected chi connectivity index (χ0v) is 14.8. The lowest BCUT2D eigenvalue weighted by atomic mass is 10.1. The van der Waals surface area contributed by atoms with E-state index >= 15 is 0 Å². The lowest BCUT2D eigenvalue weighted by Crippen LogP contribution is -2.38. The van der Waals surface area contributed by atoms with Crippen LogP contribution in [0, 0.1) is 5.92 Å². The van der Waals surface area contributed by atoms with Gasteiger partial charge in [-0.3, -0.25) is 13.9 Å². The molecule has 0 radical (unpaired) electrons. The van der Waals surface area contributed by atoms with Gasteiger partial charge in [0.05, 0.1) is 5.39 Å². The highest BCUT2D eigenvalue weighted by molar-refractivity contribution is 7.18. The van der Waals surface area contributed by atoms with Crippen LogP contribution in [0.2, 0.25) is 0 Å². The molecule has 0 aliphatic heterocycles. The van der Waals surface area contributed by atoms with Crippen molar-refractivity contribution in [1.82, 2.24) is 9.13 Å². The molecule has 0 atom stereocenters. The molecule has 0 unspecified atom stereocenters. The second kappa shape index (κ2) is 6.28. The zero-order chi connectivity index (χ0) is 17.4. The Bertz CT molecular complexity index is 1010. The average molecular weight is 344 g/mol. The number of phenolic OH excluding ortho intramolecular Hbond substituents is 1. The molecule has 3 rings (SSSR count). The summed E-state index contributed by atoms with van der Waals surface area (Å²) < 4.78 is 2.85. The van der Waals surface area contributed by atoms with Crippen molar-refractivity contribution in [3.05, 3.63) is 61.6 Å². The van der Waals surface area contributed by atoms with Crippen LogP contribution in [0.3, 0.4) is 0 Å². The molecule has 0 saturated heterocycles. The van der Waals surface area contributed by atoms with Crippen LogP contribution in [0.4, 0.5) is 0 Å². The van der Waals surface area contributed by atoms with E-state index in [1.54, 1.807) is 16.7 Å². The van der Waals surface area contributed by atoms with Crippen molar-refractivity contribution in [2.45, 2.75) is 26.8 Å². The normalized spacial score (nSPS) is 11.5. The third-order valence-electron chi connectivity index (χ3n) is 3.97. The quantitative estimate of drug-likeness (QED) is 0.791. The fourth-order valence-electron chi connectivity index (χ4n) is 2.78. The number of hydrogen-bond acceptors (Lipinski definition) is 4. The van der Waals surface area contributed by atoms with Crippen molar-refractivity contribution in [3.63, 3.8) is 0 Å². The SMILES string of the molecule is CC(C)Cn1c(=O)n(C)c(=O)c2cc(Cc3ccccc3O)sc21. The molecule has 24 heavy (non-hydrogen) atoms. The van der Waals surface area contributed by atoms with Crippen molar-refractivity contribution in [3.8, 4) is 5.75 Å². The minimum Gasteiger partial charge on any atom is -0.508 e. The average Bonchev–Trinajstić information content (AvgIpc) is 2.95. The maximum atomic E-state index is 12.5. The smallest absolute Gasteiger partial charge is 0.331 e. The number of benzene rings is 1. The summed E-state index contributed by atoms with van der Waals surface area (Å²) in [7, 11) is 1.52. The van der Waals surface area contributed by atoms with Gasteiger partial charge in [-0.1, -0.05) is 32.0 Å². The molecule has 1 aromatic carbocycles. The molecule has 0 aliphatic carbocycles. The van der Waals surface area contributed by atoms with Crippen LogP contribution in [0.5, 0.6) is 5.75 Å². The minimum absolute atomic E-state index is 0.238. The molecule has 6 heteroatoms. The molecule has 126 valence electrons. The van der Waals surface area contributed by atoms with Gasteiger partial charge in [-0.15, -0.1) is 11.3 Å². The maximum absolute atomic E-state index is 12.5. The molecule has 0 fully saturated rings. The summed E-state index contributed by atoms with van der Waals surface area (Å²) in [5.41, 5.74) is 0.255. The van der Waals surface area contributed by atoms with E-state index in [1.165, 1.54) is 23.0 Å². The third kappa shape index (κ3) is 2.89. The Morgan fingerprint density at radius 1 is 1.21 bits per heavy atom. The van der Waals surface area contributed by atoms with Gasteiger partial charge in [0, 0.05) is 24.9 Å². The number of aromatic hydroxyl groups is 1. The number of aromatic nitrogens is 2. The predicted molar refractivity (Wildman–Crippen MR) is 97.1 cm³/mol. The summed E-state index contributed by atoms with van der Waals surface area (Å²) in [6, 6.07) is 9.00. The first-order valence-corrected chi connectivity index (χ1v) is 8.69. The van der Waals surface area contributed by atoms with Gasteiger partial charge >= 0.3 is 5.69 Å². The maximum Gasteiger partial charge on any atom is 0.331 e. The zero-order valence-electron chi connectivity index (χ0n) is 13.9. The molecule has 0 aliphatic rings. The van der Waals surface area contributed by atoms with Crippen molar-refractivity contribution in [1.29, 1.82) is 0 Å². The fraction of sp³-hybridized carbons (Fsp3) is 0.333. The van der Waals surface area contributed by atoms with Crippen LogP contribution in [0.1, 0.15) is 24.3 Å². The standard InChI is InChI=1S/C18H20N2O3S/c1-11(2)10-20-17-14(16(22)19(3)18(20)23)9-13(24-17)8-12-6-4-5-7-15(12)21/h4-7,9,11,21H,8,10H2,1-3H3. The van der Waals surface area contributed by atoms with Crippen molar-refractivity contribution in [2.75, 3.05) is 0 Å². The van der Waals surface area contributed by atoms with Gasteiger partial charge in [0.2, 0.25) is 0 Å². The number of thiophene rings is 1. The summed E-state index contributed by atoms with van der Waals surface area (Å²) in [6.45, 7) is 4.65. The third-order valence-corrected chi connectivity index (χ3v) is 5.12. The molecular weight excluding hydrogens is 324 g/mol. The van der Waals surface area contributed by atoms with Gasteiger partial charge in [-0.05, 0) is 23.6 Å². The molecule has 0 saturated carbocycles. The highest BCUT2D eigenvalue weighted by atomic mass is 32.1. The molecule has 1 N–H and O–H groups in total. The van der Waals surface area contributed by atoms with Crippen LogP contribution < -0.4 is 11.2 Å². The minimum atomic E-state index is -0.280. The fourth-order valence-corrected chi connectivity index (χ4v) is 3.95. The van der Waals surface area contributed by atoms with Gasteiger partial charge in [-0.25, -0.2) is 4.79 Å². The van der Waals surface area contributed by atoms with Crippen LogP contribution in [0.25, 0.3) is 10.2 Å². The molecule has 5 nitrogen and oxygen atoms in total. The van der Waals surface area contributed by atoms with Crippen LogP contribution in [0.15, 0.2) is 39.9 Å². The van der Waals surface area contributed by atoms with Gasteiger partial charge in [-0.2, -0.15) is 0 Å². The summed E-state index contributed by atoms with van der Waals surface area (Å²) in [6.07, 6.45) is 0.533. The summed E-state index contributed by atoms with van der Waals surface area (Å²) in [4.78, 5) is 26.5. The summed E-state index contributed by atoms with van der Waals surface area (Å²) >= 11 is 1.44. The first kappa shape index (κ1) is 16.5. The number of phenols is 1. The summed E-state index contributed by atoms with van der Waals surface area (Å²) in [5, 5.41) is 10.5. The number of para-hydroxylation sites is 1. The van der Waals surface area contributed by atoms with Gasteiger partial charge in [0.1, 0.15) is 10.6 Å². The largest absolute Gasteiger partial charge is 0.508 e. The van der Waals surface area contributed by atoms with Gasteiger partial charge < -0.3 is 5.11 Å². The molecule has 2 aromatic heterocycles. The first-order chi connectivity index (χ1) is 11.4. The molecule has 2 heterocycles. The van der Waals surface area contributed by atoms with E-state index in [0.29, 0.717) is 29.1 Å². The Morgan fingerprint density at radius 3 is 2.58 bits per heavy atom. The summed E-state index contributed by atoms with van der Waals surface area (Å²) in [5.74, 6) is 0.537. The highest BCUT2D eigenvalue weighted by Gasteiger charge is 2.16. The van der Waals surface area contributed by atoms with Crippen molar-refractivity contribution >= 4 is 21.6 Å². The van der Waals surface area contributed by atoms with E-state index in [1.807, 2.05) is 32.0 Å². The van der Waals surface area contributed by atoms with E-state index in [9.17, 15) is 14.7 Å². The lowest BCUT2D eigenvalue weighted by molar-refractivity contribution is 0.469. The van der Waals surface area contributed by atoms with Crippen LogP contribution >= 0.6 is 11.3 Å². The molecule has 3 aromatic rings. The molecule has 0 spiro atoms. The van der Waals surface area contributed by atoms with Crippen molar-refractivity contribution in [2.24, 2.45) is 13.0 Å². The second-order valence-electron chi connectivity index (χ2n) is 6.39. The van der Waals surface area contributed by atoms with Crippen LogP contribution in [-0.4, -0.2) is 14.2 Å². The number of hydrogen-bond donors (Lipinski definition) is 1. The van der Waals surface area contributed by atoms with Gasteiger partial charge in [0.15, 0.2) is 0 Å². The Morgan fingerprint density at radius 2 is 1.92 bits per heavy atom. The monoisotopic (exact) mass is 344 g/mol. The number of fused-ring (bicyclic) bond motifs is 1. The topological polar surface area (TPSA) is 64.2 Å². The Kier molecular flexibility index (Phi) is 4.32. The molecule has 0 bridgehead atoms. The lowest BCUT2D eigenvalue weighted by Gasteiger charge is -2.11. The van der Waals surface area contributed by atoms with E-state index in [-0.39, 0.29) is 17.0 Å². The van der Waals surface area contributed by atoms with E-state index in [4.69, 9.17) is 0 Å². The van der Waals surface area contributed by atoms with E-state index in [0.717, 1.165) is 10.4 Å². The highest BCUT2D eigenvalue weighted by Crippen LogP contribution is 2.27. The van der Waals surface area contributed by atoms with Crippen LogP contribution in [-0.2, 0) is 20.0 Å². The predicted octanol–water partition coefficient (Wildman–Crippen LogP) is 2.71. The molecular formula is C18H20N2O3S.